The number of nitrogens with zero attached hydrogens (tertiary/aromatic N) is 1. The van der Waals surface area contributed by atoms with Crippen LogP contribution in [0, 0.1) is 6.92 Å². The molecule has 3 atom stereocenters. The number of aliphatic hydroxyl groups excluding tert-OH is 1. The summed E-state index contributed by atoms with van der Waals surface area (Å²) in [6.07, 6.45) is 1.12. The molecule has 2 N–H and O–H groups in total. The van der Waals surface area contributed by atoms with Gasteiger partial charge in [-0.05, 0) is 49.4 Å². The summed E-state index contributed by atoms with van der Waals surface area (Å²) in [6, 6.07) is 12.3. The van der Waals surface area contributed by atoms with Crippen LogP contribution >= 0.6 is 23.2 Å². The first-order chi connectivity index (χ1) is 15.4. The molecule has 32 heavy (non-hydrogen) atoms. The molecule has 0 saturated carbocycles. The zero-order chi connectivity index (χ0) is 22.4. The normalized spacial score (nSPS) is 21.8. The largest absolute Gasteiger partial charge is 0.480 e. The molecule has 1 aliphatic carbocycles. The summed E-state index contributed by atoms with van der Waals surface area (Å²) in [7, 11) is 0. The number of amides is 1. The molecule has 3 aromatic rings. The Morgan fingerprint density at radius 3 is 2.62 bits per heavy atom. The van der Waals surface area contributed by atoms with Gasteiger partial charge in [-0.25, -0.2) is 4.98 Å². The van der Waals surface area contributed by atoms with Crippen LogP contribution in [0.5, 0.6) is 5.75 Å². The van der Waals surface area contributed by atoms with Gasteiger partial charge >= 0.3 is 0 Å². The number of nitrogens with one attached hydrogen (secondary N) is 1. The van der Waals surface area contributed by atoms with Crippen molar-refractivity contribution in [1.82, 2.24) is 10.3 Å². The molecule has 1 aromatic heterocycles. The summed E-state index contributed by atoms with van der Waals surface area (Å²) >= 11 is 11.9. The first-order valence-electron chi connectivity index (χ1n) is 10.3. The first-order valence-corrected chi connectivity index (χ1v) is 11.0. The molecule has 164 valence electrons. The minimum Gasteiger partial charge on any atom is -0.480 e. The number of halogens is 2. The topological polar surface area (TPSA) is 84.6 Å². The van der Waals surface area contributed by atoms with Crippen molar-refractivity contribution >= 4 is 34.7 Å². The molecule has 2 aliphatic rings. The van der Waals surface area contributed by atoms with E-state index in [0.29, 0.717) is 39.4 Å². The molecule has 6 nitrogen and oxygen atoms in total. The van der Waals surface area contributed by atoms with E-state index in [1.807, 2.05) is 37.3 Å². The molecular weight excluding hydrogens is 451 g/mol. The Bertz CT molecular complexity index is 1220. The third-order valence-corrected chi connectivity index (χ3v) is 6.16. The molecule has 0 radical (unpaired) electrons. The van der Waals surface area contributed by atoms with Crippen molar-refractivity contribution in [3.63, 3.8) is 0 Å². The van der Waals surface area contributed by atoms with Crippen molar-refractivity contribution in [2.24, 2.45) is 0 Å². The van der Waals surface area contributed by atoms with Gasteiger partial charge in [-0.1, -0.05) is 29.3 Å². The number of ether oxygens (including phenoxy) is 1. The number of hydrogen-bond acceptors (Lipinski definition) is 5. The highest BCUT2D eigenvalue weighted by atomic mass is 35.5. The lowest BCUT2D eigenvalue weighted by molar-refractivity contribution is -0.130. The summed E-state index contributed by atoms with van der Waals surface area (Å²) in [5.41, 5.74) is 3.23. The predicted octanol–water partition coefficient (Wildman–Crippen LogP) is 5.11. The van der Waals surface area contributed by atoms with Gasteiger partial charge in [-0.2, -0.15) is 0 Å². The van der Waals surface area contributed by atoms with Gasteiger partial charge in [-0.15, -0.1) is 0 Å². The maximum Gasteiger partial charge on any atom is 0.261 e. The summed E-state index contributed by atoms with van der Waals surface area (Å²) in [5, 5.41) is 14.5. The molecule has 1 unspecified atom stereocenters. The van der Waals surface area contributed by atoms with Crippen LogP contribution in [-0.4, -0.2) is 28.1 Å². The van der Waals surface area contributed by atoms with Gasteiger partial charge in [-0.3, -0.25) is 4.79 Å². The van der Waals surface area contributed by atoms with Crippen LogP contribution in [0.25, 0.3) is 16.9 Å². The van der Waals surface area contributed by atoms with Gasteiger partial charge in [0.15, 0.2) is 11.9 Å². The second-order valence-corrected chi connectivity index (χ2v) is 8.86. The van der Waals surface area contributed by atoms with Crippen LogP contribution in [-0.2, 0) is 4.79 Å². The van der Waals surface area contributed by atoms with E-state index in [1.54, 1.807) is 18.2 Å². The maximum absolute atomic E-state index is 12.7. The molecule has 2 aromatic carbocycles. The third-order valence-electron chi connectivity index (χ3n) is 5.68. The SMILES string of the molecule is Cc1nc(C2=CC(NC(=O)[C@@H]3C[C@@H](O)c4cc(Cl)ccc4O3)C2)oc1-c1ccc(Cl)cc1. The van der Waals surface area contributed by atoms with Crippen molar-refractivity contribution in [3.05, 3.63) is 75.7 Å². The lowest BCUT2D eigenvalue weighted by Gasteiger charge is -2.31. The molecule has 5 rings (SSSR count). The summed E-state index contributed by atoms with van der Waals surface area (Å²) in [6.45, 7) is 1.90. The van der Waals surface area contributed by atoms with Crippen molar-refractivity contribution in [1.29, 1.82) is 0 Å². The average molecular weight is 471 g/mol. The monoisotopic (exact) mass is 470 g/mol. The molecule has 0 fully saturated rings. The van der Waals surface area contributed by atoms with Crippen molar-refractivity contribution in [2.45, 2.75) is 38.0 Å². The number of aromatic nitrogens is 1. The number of fused-ring (bicyclic) bond motifs is 1. The van der Waals surface area contributed by atoms with Crippen molar-refractivity contribution < 1.29 is 19.1 Å². The van der Waals surface area contributed by atoms with Crippen LogP contribution < -0.4 is 10.1 Å². The maximum atomic E-state index is 12.7. The van der Waals surface area contributed by atoms with Crippen LogP contribution in [0.2, 0.25) is 10.0 Å². The van der Waals surface area contributed by atoms with Gasteiger partial charge in [0.25, 0.3) is 5.91 Å². The fourth-order valence-corrected chi connectivity index (χ4v) is 4.26. The number of carbonyl (C=O) groups is 1. The van der Waals surface area contributed by atoms with Gasteiger partial charge in [0, 0.05) is 39.6 Å². The van der Waals surface area contributed by atoms with Gasteiger partial charge in [0.05, 0.1) is 17.8 Å². The van der Waals surface area contributed by atoms with Gasteiger partial charge < -0.3 is 19.6 Å². The van der Waals surface area contributed by atoms with E-state index < -0.39 is 12.2 Å². The highest BCUT2D eigenvalue weighted by Gasteiger charge is 2.34. The third kappa shape index (κ3) is 4.01. The lowest BCUT2D eigenvalue weighted by atomic mass is 9.92. The summed E-state index contributed by atoms with van der Waals surface area (Å²) in [5.74, 6) is 1.46. The highest BCUT2D eigenvalue weighted by Crippen LogP contribution is 2.37. The van der Waals surface area contributed by atoms with Crippen LogP contribution in [0.1, 0.15) is 36.1 Å². The summed E-state index contributed by atoms with van der Waals surface area (Å²) < 4.78 is 11.8. The quantitative estimate of drug-likeness (QED) is 0.552. The number of rotatable bonds is 4. The number of oxazole rings is 1. The van der Waals surface area contributed by atoms with E-state index in [2.05, 4.69) is 10.3 Å². The second kappa shape index (κ2) is 8.28. The fraction of sp³-hybridized carbons (Fsp3) is 0.250. The second-order valence-electron chi connectivity index (χ2n) is 7.99. The van der Waals surface area contributed by atoms with E-state index in [1.165, 1.54) is 0 Å². The molecule has 0 spiro atoms. The van der Waals surface area contributed by atoms with Crippen LogP contribution in [0.3, 0.4) is 0 Å². The number of hydrogen-bond donors (Lipinski definition) is 2. The molecule has 0 saturated heterocycles. The Balaban J connectivity index is 1.24. The molecule has 1 amide bonds. The van der Waals surface area contributed by atoms with Gasteiger partial charge in [0.2, 0.25) is 5.89 Å². The smallest absolute Gasteiger partial charge is 0.261 e. The Labute approximate surface area is 194 Å². The van der Waals surface area contributed by atoms with E-state index in [4.69, 9.17) is 32.4 Å². The van der Waals surface area contributed by atoms with E-state index in [0.717, 1.165) is 16.8 Å². The Morgan fingerprint density at radius 2 is 1.88 bits per heavy atom. The average Bonchev–Trinajstić information content (AvgIpc) is 3.12. The molecule has 0 bridgehead atoms. The molecular formula is C24H20Cl2N2O4. The molecule has 8 heteroatoms. The minimum atomic E-state index is -0.803. The number of carbonyl (C=O) groups excluding carboxylic acids is 1. The standard InChI is InChI=1S/C24H20Cl2N2O4/c1-12-22(13-2-4-15(25)5-3-13)32-24(27-12)14-8-17(9-14)28-23(30)21-11-19(29)18-10-16(26)6-7-20(18)31-21/h2-8,10,17,19,21,29H,9,11H2,1H3,(H,28,30)/t17?,19-,21+/m1/s1. The van der Waals surface area contributed by atoms with Crippen LogP contribution in [0.4, 0.5) is 0 Å². The number of benzene rings is 2. The Kier molecular flexibility index (Phi) is 5.45. The minimum absolute atomic E-state index is 0.143. The highest BCUT2D eigenvalue weighted by molar-refractivity contribution is 6.31. The van der Waals surface area contributed by atoms with E-state index in [9.17, 15) is 9.90 Å². The van der Waals surface area contributed by atoms with Crippen molar-refractivity contribution in [2.75, 3.05) is 0 Å². The Hall–Kier alpha value is -2.80. The van der Waals surface area contributed by atoms with Crippen LogP contribution in [0.15, 0.2) is 53.0 Å². The summed E-state index contributed by atoms with van der Waals surface area (Å²) in [4.78, 5) is 17.2. The number of aliphatic hydroxyl groups is 1. The Morgan fingerprint density at radius 1 is 1.16 bits per heavy atom. The zero-order valence-electron chi connectivity index (χ0n) is 17.1. The van der Waals surface area contributed by atoms with Gasteiger partial charge in [0.1, 0.15) is 5.75 Å². The zero-order valence-corrected chi connectivity index (χ0v) is 18.7. The van der Waals surface area contributed by atoms with Crippen molar-refractivity contribution in [3.8, 4) is 17.1 Å². The molecule has 1 aliphatic heterocycles. The number of aryl methyl sites for hydroxylation is 1. The van der Waals surface area contributed by atoms with E-state index >= 15 is 0 Å². The fourth-order valence-electron chi connectivity index (χ4n) is 3.95. The predicted molar refractivity (Wildman–Crippen MR) is 122 cm³/mol. The lowest BCUT2D eigenvalue weighted by Crippen LogP contribution is -2.47. The first kappa shape index (κ1) is 21.1. The van der Waals surface area contributed by atoms with E-state index in [-0.39, 0.29) is 18.4 Å². The molecule has 2 heterocycles.